The number of aryl methyl sites for hydroxylation is 1. The summed E-state index contributed by atoms with van der Waals surface area (Å²) in [4.78, 5) is 25.6. The highest BCUT2D eigenvalue weighted by molar-refractivity contribution is 5.97. The first-order chi connectivity index (χ1) is 12.0. The predicted octanol–water partition coefficient (Wildman–Crippen LogP) is 2.76. The molecule has 0 saturated carbocycles. The second-order valence-corrected chi connectivity index (χ2v) is 5.89. The van der Waals surface area contributed by atoms with Crippen molar-refractivity contribution in [2.75, 3.05) is 30.5 Å². The molecule has 2 aromatic carbocycles. The maximum absolute atomic E-state index is 12.1. The normalized spacial score (nSPS) is 13.5. The third-order valence-corrected chi connectivity index (χ3v) is 3.91. The number of carbonyl (C=O) groups excluding carboxylic acids is 2. The molecule has 2 aromatic rings. The van der Waals surface area contributed by atoms with Crippen molar-refractivity contribution in [3.8, 4) is 11.5 Å². The Hall–Kier alpha value is -3.02. The van der Waals surface area contributed by atoms with Crippen LogP contribution < -0.4 is 19.7 Å². The molecule has 0 aliphatic carbocycles. The molecule has 0 spiro atoms. The molecule has 1 heterocycles. The predicted molar refractivity (Wildman–Crippen MR) is 95.3 cm³/mol. The van der Waals surface area contributed by atoms with Gasteiger partial charge in [-0.2, -0.15) is 0 Å². The molecule has 0 aromatic heterocycles. The minimum atomic E-state index is -0.273. The molecule has 1 N–H and O–H groups in total. The lowest BCUT2D eigenvalue weighted by Crippen LogP contribution is -2.25. The van der Waals surface area contributed by atoms with E-state index < -0.39 is 0 Å². The minimum absolute atomic E-state index is 0.0231. The van der Waals surface area contributed by atoms with Gasteiger partial charge in [0.2, 0.25) is 5.91 Å². The summed E-state index contributed by atoms with van der Waals surface area (Å²) in [5.74, 6) is 0.980. The van der Waals surface area contributed by atoms with Gasteiger partial charge >= 0.3 is 0 Å². The standard InChI is InChI=1S/C19H20N2O4/c1-13-4-3-5-15(10-13)25-12-18(22)20-14-6-7-17-16(11-14)21(2)19(23)8-9-24-17/h3-7,10-11H,8-9,12H2,1-2H3,(H,20,22). The second-order valence-electron chi connectivity index (χ2n) is 5.89. The third kappa shape index (κ3) is 4.09. The van der Waals surface area contributed by atoms with Crippen LogP contribution in [0.1, 0.15) is 12.0 Å². The van der Waals surface area contributed by atoms with E-state index in [1.165, 1.54) is 0 Å². The van der Waals surface area contributed by atoms with Crippen LogP contribution in [0.2, 0.25) is 0 Å². The van der Waals surface area contributed by atoms with E-state index in [1.54, 1.807) is 36.2 Å². The fourth-order valence-corrected chi connectivity index (χ4v) is 2.58. The Kier molecular flexibility index (Phi) is 4.88. The summed E-state index contributed by atoms with van der Waals surface area (Å²) < 4.78 is 11.1. The average Bonchev–Trinajstić information content (AvgIpc) is 2.73. The number of carbonyl (C=O) groups is 2. The topological polar surface area (TPSA) is 67.9 Å². The number of nitrogens with one attached hydrogen (secondary N) is 1. The fraction of sp³-hybridized carbons (Fsp3) is 0.263. The lowest BCUT2D eigenvalue weighted by molar-refractivity contribution is -0.119. The van der Waals surface area contributed by atoms with Crippen LogP contribution in [0.4, 0.5) is 11.4 Å². The molecular weight excluding hydrogens is 320 g/mol. The van der Waals surface area contributed by atoms with Crippen molar-refractivity contribution in [2.45, 2.75) is 13.3 Å². The molecule has 6 nitrogen and oxygen atoms in total. The van der Waals surface area contributed by atoms with Gasteiger partial charge in [0.05, 0.1) is 18.7 Å². The molecule has 1 aliphatic rings. The highest BCUT2D eigenvalue weighted by Crippen LogP contribution is 2.33. The van der Waals surface area contributed by atoms with Gasteiger partial charge in [-0.1, -0.05) is 12.1 Å². The van der Waals surface area contributed by atoms with Gasteiger partial charge in [0, 0.05) is 12.7 Å². The van der Waals surface area contributed by atoms with Gasteiger partial charge in [0.15, 0.2) is 6.61 Å². The van der Waals surface area contributed by atoms with E-state index in [4.69, 9.17) is 9.47 Å². The number of hydrogen-bond acceptors (Lipinski definition) is 4. The summed E-state index contributed by atoms with van der Waals surface area (Å²) in [6.45, 7) is 2.22. The molecule has 25 heavy (non-hydrogen) atoms. The van der Waals surface area contributed by atoms with E-state index in [9.17, 15) is 9.59 Å². The van der Waals surface area contributed by atoms with E-state index >= 15 is 0 Å². The zero-order valence-corrected chi connectivity index (χ0v) is 14.2. The van der Waals surface area contributed by atoms with Crippen molar-refractivity contribution in [2.24, 2.45) is 0 Å². The number of amides is 2. The van der Waals surface area contributed by atoms with Gasteiger partial charge < -0.3 is 19.7 Å². The van der Waals surface area contributed by atoms with Gasteiger partial charge in [-0.15, -0.1) is 0 Å². The number of benzene rings is 2. The molecular formula is C19H20N2O4. The fourth-order valence-electron chi connectivity index (χ4n) is 2.58. The number of fused-ring (bicyclic) bond motifs is 1. The number of ether oxygens (including phenoxy) is 2. The lowest BCUT2D eigenvalue weighted by atomic mass is 10.2. The van der Waals surface area contributed by atoms with Crippen LogP contribution in [0.5, 0.6) is 11.5 Å². The molecule has 1 aliphatic heterocycles. The summed E-state index contributed by atoms with van der Waals surface area (Å²) in [7, 11) is 1.70. The van der Waals surface area contributed by atoms with E-state index in [2.05, 4.69) is 5.32 Å². The number of rotatable bonds is 4. The molecule has 130 valence electrons. The molecule has 6 heteroatoms. The van der Waals surface area contributed by atoms with Crippen molar-refractivity contribution in [1.29, 1.82) is 0 Å². The van der Waals surface area contributed by atoms with Crippen LogP contribution in [0, 0.1) is 6.92 Å². The van der Waals surface area contributed by atoms with Crippen molar-refractivity contribution in [1.82, 2.24) is 0 Å². The Morgan fingerprint density at radius 3 is 2.92 bits per heavy atom. The SMILES string of the molecule is Cc1cccc(OCC(=O)Nc2ccc3c(c2)N(C)C(=O)CCO3)c1. The molecule has 0 atom stereocenters. The summed E-state index contributed by atoms with van der Waals surface area (Å²) in [6.07, 6.45) is 0.331. The summed E-state index contributed by atoms with van der Waals surface area (Å²) in [5, 5.41) is 2.78. The Morgan fingerprint density at radius 2 is 2.12 bits per heavy atom. The molecule has 0 fully saturated rings. The van der Waals surface area contributed by atoms with Gasteiger partial charge in [0.25, 0.3) is 5.91 Å². The van der Waals surface area contributed by atoms with Crippen LogP contribution in [0.15, 0.2) is 42.5 Å². The first-order valence-electron chi connectivity index (χ1n) is 8.05. The summed E-state index contributed by atoms with van der Waals surface area (Å²) in [6, 6.07) is 12.7. The van der Waals surface area contributed by atoms with Crippen molar-refractivity contribution in [3.63, 3.8) is 0 Å². The Morgan fingerprint density at radius 1 is 1.28 bits per heavy atom. The first-order valence-corrected chi connectivity index (χ1v) is 8.05. The summed E-state index contributed by atoms with van der Waals surface area (Å²) in [5.41, 5.74) is 2.29. The molecule has 0 radical (unpaired) electrons. The average molecular weight is 340 g/mol. The Labute approximate surface area is 146 Å². The monoisotopic (exact) mass is 340 g/mol. The van der Waals surface area contributed by atoms with Crippen molar-refractivity contribution in [3.05, 3.63) is 48.0 Å². The molecule has 0 unspecified atom stereocenters. The number of anilines is 2. The zero-order chi connectivity index (χ0) is 17.8. The van der Waals surface area contributed by atoms with Crippen molar-refractivity contribution >= 4 is 23.2 Å². The highest BCUT2D eigenvalue weighted by Gasteiger charge is 2.20. The second kappa shape index (κ2) is 7.25. The van der Waals surface area contributed by atoms with Gasteiger partial charge in [-0.05, 0) is 42.8 Å². The van der Waals surface area contributed by atoms with E-state index in [1.807, 2.05) is 25.1 Å². The van der Waals surface area contributed by atoms with E-state index in [-0.39, 0.29) is 18.4 Å². The summed E-state index contributed by atoms with van der Waals surface area (Å²) >= 11 is 0. The van der Waals surface area contributed by atoms with Crippen LogP contribution in [0.3, 0.4) is 0 Å². The minimum Gasteiger partial charge on any atom is -0.491 e. The van der Waals surface area contributed by atoms with Crippen LogP contribution in [-0.4, -0.2) is 32.1 Å². The highest BCUT2D eigenvalue weighted by atomic mass is 16.5. The van der Waals surface area contributed by atoms with Crippen LogP contribution in [-0.2, 0) is 9.59 Å². The molecule has 3 rings (SSSR count). The van der Waals surface area contributed by atoms with E-state index in [0.29, 0.717) is 35.9 Å². The Balaban J connectivity index is 1.65. The van der Waals surface area contributed by atoms with Crippen molar-refractivity contribution < 1.29 is 19.1 Å². The van der Waals surface area contributed by atoms with Gasteiger partial charge in [-0.3, -0.25) is 9.59 Å². The third-order valence-electron chi connectivity index (χ3n) is 3.91. The molecule has 0 bridgehead atoms. The lowest BCUT2D eigenvalue weighted by Gasteiger charge is -2.17. The smallest absolute Gasteiger partial charge is 0.262 e. The van der Waals surface area contributed by atoms with Gasteiger partial charge in [0.1, 0.15) is 11.5 Å². The first kappa shape index (κ1) is 16.8. The Bertz CT molecular complexity index is 804. The largest absolute Gasteiger partial charge is 0.491 e. The van der Waals surface area contributed by atoms with Crippen LogP contribution in [0.25, 0.3) is 0 Å². The van der Waals surface area contributed by atoms with Crippen LogP contribution >= 0.6 is 0 Å². The molecule has 0 saturated heterocycles. The van der Waals surface area contributed by atoms with E-state index in [0.717, 1.165) is 5.56 Å². The number of hydrogen-bond donors (Lipinski definition) is 1. The molecule has 2 amide bonds. The maximum atomic E-state index is 12.1. The maximum Gasteiger partial charge on any atom is 0.262 e. The number of nitrogens with zero attached hydrogens (tertiary/aromatic N) is 1. The quantitative estimate of drug-likeness (QED) is 0.929. The van der Waals surface area contributed by atoms with Gasteiger partial charge in [-0.25, -0.2) is 0 Å². The zero-order valence-electron chi connectivity index (χ0n) is 14.2.